The van der Waals surface area contributed by atoms with Crippen LogP contribution in [0.15, 0.2) is 60.7 Å². The van der Waals surface area contributed by atoms with Crippen molar-refractivity contribution in [3.05, 3.63) is 82.9 Å². The van der Waals surface area contributed by atoms with Crippen LogP contribution in [0, 0.1) is 0 Å². The monoisotopic (exact) mass is 548 g/mol. The number of nitrogens with one attached hydrogen (secondary N) is 2. The molecule has 0 spiro atoms. The van der Waals surface area contributed by atoms with Crippen LogP contribution in [0.2, 0.25) is 0 Å². The maximum absolute atomic E-state index is 13.1. The molecule has 0 bridgehead atoms. The zero-order chi connectivity index (χ0) is 28.6. The Morgan fingerprint density at radius 1 is 0.825 bits per heavy atom. The van der Waals surface area contributed by atoms with Crippen LogP contribution in [0.1, 0.15) is 49.5 Å². The maximum Gasteiger partial charge on any atom is 0.338 e. The Hall–Kier alpha value is -4.57. The van der Waals surface area contributed by atoms with Gasteiger partial charge in [0.1, 0.15) is 29.1 Å². The van der Waals surface area contributed by atoms with Gasteiger partial charge in [0.15, 0.2) is 5.78 Å². The number of esters is 1. The van der Waals surface area contributed by atoms with E-state index in [9.17, 15) is 19.5 Å². The Labute approximate surface area is 232 Å². The second-order valence-electron chi connectivity index (χ2n) is 9.26. The van der Waals surface area contributed by atoms with E-state index in [-0.39, 0.29) is 28.3 Å². The molecule has 1 saturated heterocycles. The number of hydrogen-bond acceptors (Lipinski definition) is 9. The van der Waals surface area contributed by atoms with Crippen LogP contribution in [0.4, 0.5) is 0 Å². The Morgan fingerprint density at radius 2 is 1.48 bits per heavy atom. The van der Waals surface area contributed by atoms with Gasteiger partial charge >= 0.3 is 5.97 Å². The van der Waals surface area contributed by atoms with Gasteiger partial charge in [-0.3, -0.25) is 9.59 Å². The molecule has 1 aliphatic heterocycles. The first-order valence-corrected chi connectivity index (χ1v) is 12.8. The molecule has 1 aliphatic rings. The number of hydrogen-bond donors (Lipinski definition) is 3. The van der Waals surface area contributed by atoms with Crippen molar-refractivity contribution in [2.75, 3.05) is 34.4 Å². The highest BCUT2D eigenvalue weighted by atomic mass is 16.5. The minimum atomic E-state index is -0.575. The number of aromatic hydroxyl groups is 1. The molecule has 3 N–H and O–H groups in total. The van der Waals surface area contributed by atoms with Crippen molar-refractivity contribution in [3.63, 3.8) is 0 Å². The zero-order valence-electron chi connectivity index (χ0n) is 22.6. The SMILES string of the molecule is COc1cc(OC)cc(C(=O)N[C@@H]2CNCCC[C@H]2OC(=O)c2ccc(C(=O)c3cc(OC)ccc3O)cc2)c1. The van der Waals surface area contributed by atoms with Crippen molar-refractivity contribution < 1.29 is 38.4 Å². The van der Waals surface area contributed by atoms with E-state index in [1.165, 1.54) is 57.7 Å². The van der Waals surface area contributed by atoms with Crippen LogP contribution < -0.4 is 24.8 Å². The molecule has 1 amide bonds. The van der Waals surface area contributed by atoms with Crippen LogP contribution in [0.3, 0.4) is 0 Å². The smallest absolute Gasteiger partial charge is 0.338 e. The number of ketones is 1. The highest BCUT2D eigenvalue weighted by molar-refractivity contribution is 6.11. The summed E-state index contributed by atoms with van der Waals surface area (Å²) in [6, 6.07) is 14.8. The number of amides is 1. The van der Waals surface area contributed by atoms with E-state index in [2.05, 4.69) is 10.6 Å². The van der Waals surface area contributed by atoms with E-state index in [1.807, 2.05) is 0 Å². The average molecular weight is 549 g/mol. The lowest BCUT2D eigenvalue weighted by Crippen LogP contribution is -2.49. The summed E-state index contributed by atoms with van der Waals surface area (Å²) in [7, 11) is 4.48. The van der Waals surface area contributed by atoms with Crippen LogP contribution in [0.5, 0.6) is 23.0 Å². The van der Waals surface area contributed by atoms with Crippen LogP contribution in [-0.2, 0) is 4.74 Å². The lowest BCUT2D eigenvalue weighted by molar-refractivity contribution is 0.0192. The molecule has 0 radical (unpaired) electrons. The van der Waals surface area contributed by atoms with E-state index >= 15 is 0 Å². The summed E-state index contributed by atoms with van der Waals surface area (Å²) >= 11 is 0. The molecule has 10 heteroatoms. The van der Waals surface area contributed by atoms with Gasteiger partial charge in [-0.2, -0.15) is 0 Å². The predicted molar refractivity (Wildman–Crippen MR) is 147 cm³/mol. The summed E-state index contributed by atoms with van der Waals surface area (Å²) in [6.07, 6.45) is 0.736. The van der Waals surface area contributed by atoms with Crippen LogP contribution in [-0.4, -0.2) is 69.3 Å². The summed E-state index contributed by atoms with van der Waals surface area (Å²) in [5.41, 5.74) is 0.990. The number of carbonyl (C=O) groups excluding carboxylic acids is 3. The van der Waals surface area contributed by atoms with Crippen molar-refractivity contribution in [3.8, 4) is 23.0 Å². The van der Waals surface area contributed by atoms with Gasteiger partial charge in [0.2, 0.25) is 0 Å². The fourth-order valence-corrected chi connectivity index (χ4v) is 4.44. The molecule has 0 aliphatic carbocycles. The molecule has 3 aromatic carbocycles. The normalized spacial score (nSPS) is 16.8. The first-order chi connectivity index (χ1) is 19.3. The van der Waals surface area contributed by atoms with Gasteiger partial charge in [-0.15, -0.1) is 0 Å². The first kappa shape index (κ1) is 28.4. The molecule has 3 aromatic rings. The highest BCUT2D eigenvalue weighted by Gasteiger charge is 2.29. The topological polar surface area (TPSA) is 132 Å². The minimum absolute atomic E-state index is 0.0906. The molecule has 1 heterocycles. The Kier molecular flexibility index (Phi) is 9.23. The standard InChI is InChI=1S/C30H32N2O8/c1-37-21-10-11-26(33)24(16-21)28(34)18-6-8-19(9-7-18)30(36)40-27-5-4-12-31-17-25(27)32-29(35)20-13-22(38-2)15-23(14-20)39-3/h6-11,13-16,25,27,31,33H,4-5,12,17H2,1-3H3,(H,32,35)/t25-,27-/m1/s1. The summed E-state index contributed by atoms with van der Waals surface area (Å²) < 4.78 is 21.5. The number of phenolic OH excluding ortho intramolecular Hbond substituents is 1. The fraction of sp³-hybridized carbons (Fsp3) is 0.300. The van der Waals surface area contributed by atoms with Crippen molar-refractivity contribution in [2.24, 2.45) is 0 Å². The third-order valence-electron chi connectivity index (χ3n) is 6.67. The molecule has 210 valence electrons. The summed E-state index contributed by atoms with van der Waals surface area (Å²) in [6.45, 7) is 1.14. The van der Waals surface area contributed by atoms with E-state index in [1.54, 1.807) is 24.3 Å². The lowest BCUT2D eigenvalue weighted by Gasteiger charge is -2.26. The zero-order valence-corrected chi connectivity index (χ0v) is 22.6. The number of rotatable bonds is 9. The van der Waals surface area contributed by atoms with E-state index in [0.717, 1.165) is 13.0 Å². The van der Waals surface area contributed by atoms with Crippen molar-refractivity contribution in [1.82, 2.24) is 10.6 Å². The third kappa shape index (κ3) is 6.70. The van der Waals surface area contributed by atoms with E-state index in [0.29, 0.717) is 35.8 Å². The number of carbonyl (C=O) groups is 3. The molecule has 2 atom stereocenters. The Balaban J connectivity index is 1.46. The molecule has 1 fully saturated rings. The molecular weight excluding hydrogens is 516 g/mol. The summed E-state index contributed by atoms with van der Waals surface area (Å²) in [4.78, 5) is 39.1. The molecule has 40 heavy (non-hydrogen) atoms. The average Bonchev–Trinajstić information content (AvgIpc) is 3.21. The number of phenols is 1. The second kappa shape index (κ2) is 13.0. The van der Waals surface area contributed by atoms with Gasteiger partial charge in [-0.1, -0.05) is 12.1 Å². The third-order valence-corrected chi connectivity index (χ3v) is 6.67. The lowest BCUT2D eigenvalue weighted by atomic mass is 10.0. The van der Waals surface area contributed by atoms with Gasteiger partial charge in [0.05, 0.1) is 38.5 Å². The van der Waals surface area contributed by atoms with Crippen LogP contribution >= 0.6 is 0 Å². The predicted octanol–water partition coefficient (Wildman–Crippen LogP) is 3.36. The summed E-state index contributed by atoms with van der Waals surface area (Å²) in [5.74, 6) is -0.107. The molecule has 0 saturated carbocycles. The van der Waals surface area contributed by atoms with Gasteiger partial charge in [0, 0.05) is 23.7 Å². The van der Waals surface area contributed by atoms with Crippen molar-refractivity contribution >= 4 is 17.7 Å². The number of benzene rings is 3. The van der Waals surface area contributed by atoms with Gasteiger partial charge in [-0.05, 0) is 61.9 Å². The molecule has 0 aromatic heterocycles. The quantitative estimate of drug-likeness (QED) is 0.272. The first-order valence-electron chi connectivity index (χ1n) is 12.8. The summed E-state index contributed by atoms with van der Waals surface area (Å²) in [5, 5.41) is 16.4. The highest BCUT2D eigenvalue weighted by Crippen LogP contribution is 2.26. The van der Waals surface area contributed by atoms with Crippen LogP contribution in [0.25, 0.3) is 0 Å². The molecule has 0 unspecified atom stereocenters. The van der Waals surface area contributed by atoms with Gasteiger partial charge in [0.25, 0.3) is 5.91 Å². The molecular formula is C30H32N2O8. The van der Waals surface area contributed by atoms with Crippen molar-refractivity contribution in [2.45, 2.75) is 25.0 Å². The molecule has 4 rings (SSSR count). The van der Waals surface area contributed by atoms with Crippen molar-refractivity contribution in [1.29, 1.82) is 0 Å². The van der Waals surface area contributed by atoms with Gasteiger partial charge in [-0.25, -0.2) is 4.79 Å². The Bertz CT molecular complexity index is 1350. The maximum atomic E-state index is 13.1. The minimum Gasteiger partial charge on any atom is -0.507 e. The van der Waals surface area contributed by atoms with E-state index < -0.39 is 23.9 Å². The number of ether oxygens (including phenoxy) is 4. The van der Waals surface area contributed by atoms with Gasteiger partial charge < -0.3 is 34.7 Å². The molecule has 10 nitrogen and oxygen atoms in total. The Morgan fingerprint density at radius 3 is 2.12 bits per heavy atom. The second-order valence-corrected chi connectivity index (χ2v) is 9.26. The fourth-order valence-electron chi connectivity index (χ4n) is 4.44. The largest absolute Gasteiger partial charge is 0.507 e. The number of methoxy groups -OCH3 is 3. The van der Waals surface area contributed by atoms with E-state index in [4.69, 9.17) is 18.9 Å².